The van der Waals surface area contributed by atoms with Crippen LogP contribution >= 0.6 is 30.3 Å². The Bertz CT molecular complexity index is 2410. The summed E-state index contributed by atoms with van der Waals surface area (Å²) in [7, 11) is 14.7. The van der Waals surface area contributed by atoms with Crippen LogP contribution < -0.4 is 11.5 Å². The van der Waals surface area contributed by atoms with Crippen LogP contribution in [0.25, 0.3) is 0 Å². The van der Waals surface area contributed by atoms with Gasteiger partial charge >= 0.3 is 41.5 Å². The first-order valence-corrected chi connectivity index (χ1v) is 29.6. The van der Waals surface area contributed by atoms with Gasteiger partial charge in [0.2, 0.25) is 11.6 Å². The van der Waals surface area contributed by atoms with E-state index in [2.05, 4.69) is 121 Å². The number of Topliss-reactive ketones (excluding diaryl/α,β-unsaturated/α-hetero) is 2. The average molecular weight is 1060 g/mol. The molecule has 2 aliphatic heterocycles. The van der Waals surface area contributed by atoms with Gasteiger partial charge in [-0.25, -0.2) is 0 Å². The number of nitrogens with two attached hydrogens (primary N) is 2. The molecular weight excluding hydrogens is 999 g/mol. The van der Waals surface area contributed by atoms with Crippen LogP contribution in [-0.2, 0) is 11.2 Å². The van der Waals surface area contributed by atoms with Crippen molar-refractivity contribution in [2.45, 2.75) is 113 Å². The number of hydrogen-bond acceptors (Lipinski definition) is 8. The summed E-state index contributed by atoms with van der Waals surface area (Å²) in [6, 6.07) is 61.1. The molecule has 2 heterocycles. The van der Waals surface area contributed by atoms with E-state index in [1.165, 1.54) is 86.5 Å². The summed E-state index contributed by atoms with van der Waals surface area (Å²) in [6.45, 7) is 0. The molecule has 11 rings (SSSR count). The molecule has 0 radical (unpaired) electrons. The zero-order valence-electron chi connectivity index (χ0n) is 40.5. The third-order valence-corrected chi connectivity index (χ3v) is 13.4. The van der Waals surface area contributed by atoms with E-state index in [1.54, 1.807) is 48.5 Å². The van der Waals surface area contributed by atoms with E-state index in [0.29, 0.717) is 35.3 Å². The van der Waals surface area contributed by atoms with E-state index < -0.39 is 22.7 Å². The molecule has 0 spiro atoms. The smallest absolute Gasteiger partial charge is 0.0909 e. The second-order valence-electron chi connectivity index (χ2n) is 18.4. The fourth-order valence-corrected chi connectivity index (χ4v) is 9.55. The molecule has 6 unspecified atom stereocenters. The zero-order chi connectivity index (χ0) is 50.5. The molecule has 0 saturated heterocycles. The number of halogens is 3. The Morgan fingerprint density at radius 3 is 0.750 bits per heavy atom. The molecule has 72 heavy (non-hydrogen) atoms. The van der Waals surface area contributed by atoms with Crippen LogP contribution in [0.5, 0.6) is 0 Å². The third kappa shape index (κ3) is 16.1. The van der Waals surface area contributed by atoms with E-state index in [0.717, 1.165) is 35.7 Å². The molecule has 3 saturated carbocycles. The number of carbonyl (C=O) groups excluding carboxylic acids is 2. The monoisotopic (exact) mass is 1060 g/mol. The summed E-state index contributed by atoms with van der Waals surface area (Å²) in [4.78, 5) is 44.1. The van der Waals surface area contributed by atoms with Crippen molar-refractivity contribution in [1.82, 2.24) is 0 Å². The Morgan fingerprint density at radius 2 is 0.542 bits per heavy atom. The quantitative estimate of drug-likeness (QED) is 0.0935. The Morgan fingerprint density at radius 1 is 0.347 bits per heavy atom. The van der Waals surface area contributed by atoms with E-state index in [-0.39, 0.29) is 12.1 Å². The molecule has 0 bridgehead atoms. The molecule has 6 atom stereocenters. The zero-order valence-corrected chi connectivity index (χ0v) is 43.9. The van der Waals surface area contributed by atoms with Crippen molar-refractivity contribution in [2.24, 2.45) is 31.4 Å². The number of rotatable bonds is 7. The Kier molecular flexibility index (Phi) is 21.8. The van der Waals surface area contributed by atoms with Gasteiger partial charge in [-0.05, 0) is 38.5 Å². The Labute approximate surface area is 442 Å². The van der Waals surface area contributed by atoms with Crippen LogP contribution in [-0.4, -0.2) is 70.7 Å². The standard InChI is InChI=1S/2C20H20N2.C14H10O2.C6H14N2.3ClH.Fe/c2*1-3-9-15(10-4-1)19-20(16-11-5-2-6-12-16)22-18-14-8-7-13-17(18)21-19;15-13(11-7-3-1-4-8-11)14(16)12-9-5-2-6-10-12;7-5-3-1-2-4-6(5)8;;;;/h2*1-6,9-12,17-18H,7-8,13-14H2;1-10H;5-6H,1-4,7-8H2;3*1H;/q;;;;;;;+3/p-3. The van der Waals surface area contributed by atoms with Crippen molar-refractivity contribution in [2.75, 3.05) is 0 Å². The summed E-state index contributed by atoms with van der Waals surface area (Å²) in [5, 5.41) is 0. The van der Waals surface area contributed by atoms with Crippen LogP contribution in [0.4, 0.5) is 0 Å². The second kappa shape index (κ2) is 28.8. The summed E-state index contributed by atoms with van der Waals surface area (Å²) >= 11 is -1.33. The molecule has 3 aliphatic carbocycles. The number of nitrogens with zero attached hydrogens (tertiary/aromatic N) is 4. The number of ketones is 2. The van der Waals surface area contributed by atoms with E-state index >= 15 is 0 Å². The predicted octanol–water partition coefficient (Wildman–Crippen LogP) is 13.6. The largest absolute Gasteiger partial charge is 0.277 e. The normalized spacial score (nSPS) is 22.0. The van der Waals surface area contributed by atoms with Crippen molar-refractivity contribution >= 4 is 64.7 Å². The molecule has 4 N–H and O–H groups in total. The fourth-order valence-electron chi connectivity index (χ4n) is 9.55. The first-order valence-electron chi connectivity index (χ1n) is 25.1. The Balaban J connectivity index is 0.000000144. The van der Waals surface area contributed by atoms with Crippen LogP contribution in [0.15, 0.2) is 202 Å². The molecule has 0 aromatic heterocycles. The van der Waals surface area contributed by atoms with Gasteiger partial charge in [-0.3, -0.25) is 29.6 Å². The SMILES string of the molecule is NC1CCCCC1N.O=C(C(=O)c1ccccc1)c1ccccc1.[Cl][Fe]([Cl])[Cl].c1ccc(C2=NC3CCCCC3N=C2c2ccccc2)cc1.c1ccc(C2=NC3CCCCC3N=C2c2ccccc2)cc1. The van der Waals surface area contributed by atoms with Crippen LogP contribution in [0.2, 0.25) is 0 Å². The van der Waals surface area contributed by atoms with Gasteiger partial charge in [-0.1, -0.05) is 221 Å². The molecule has 0 amide bonds. The number of carbonyl (C=O) groups is 2. The van der Waals surface area contributed by atoms with Gasteiger partial charge in [0.15, 0.2) is 0 Å². The third-order valence-electron chi connectivity index (χ3n) is 13.4. The number of benzene rings is 6. The van der Waals surface area contributed by atoms with Crippen molar-refractivity contribution in [3.63, 3.8) is 0 Å². The number of fused-ring (bicyclic) bond motifs is 2. The average Bonchev–Trinajstić information content (AvgIpc) is 3.44. The van der Waals surface area contributed by atoms with Gasteiger partial charge < -0.3 is 11.5 Å². The molecular formula is C60H64Cl3FeN6O2. The summed E-state index contributed by atoms with van der Waals surface area (Å²) in [6.07, 6.45) is 14.6. The van der Waals surface area contributed by atoms with Crippen molar-refractivity contribution in [3.05, 3.63) is 215 Å². The van der Waals surface area contributed by atoms with Crippen molar-refractivity contribution in [1.29, 1.82) is 0 Å². The molecule has 8 nitrogen and oxygen atoms in total. The van der Waals surface area contributed by atoms with Crippen LogP contribution in [0.3, 0.4) is 0 Å². The minimum Gasteiger partial charge on any atom is -0.277 e. The van der Waals surface area contributed by atoms with Gasteiger partial charge in [0.25, 0.3) is 0 Å². The first kappa shape index (κ1) is 54.4. The minimum atomic E-state index is -1.33. The van der Waals surface area contributed by atoms with E-state index in [4.69, 9.17) is 61.7 Å². The summed E-state index contributed by atoms with van der Waals surface area (Å²) in [5.41, 5.74) is 21.1. The van der Waals surface area contributed by atoms with Gasteiger partial charge in [-0.2, -0.15) is 0 Å². The van der Waals surface area contributed by atoms with Gasteiger partial charge in [0.1, 0.15) is 0 Å². The molecule has 6 aromatic rings. The first-order chi connectivity index (χ1) is 35.2. The molecule has 5 aliphatic rings. The van der Waals surface area contributed by atoms with Gasteiger partial charge in [0.05, 0.1) is 47.0 Å². The van der Waals surface area contributed by atoms with Gasteiger partial charge in [-0.15, -0.1) is 0 Å². The number of aliphatic imine (C=N–C) groups is 4. The van der Waals surface area contributed by atoms with Crippen molar-refractivity contribution in [3.8, 4) is 0 Å². The minimum absolute atomic E-state index is 0.281. The maximum Gasteiger partial charge on any atom is 0.0909 e. The Hall–Kier alpha value is -5.35. The molecule has 3 fully saturated rings. The van der Waals surface area contributed by atoms with Crippen LogP contribution in [0, 0.1) is 0 Å². The summed E-state index contributed by atoms with van der Waals surface area (Å²) < 4.78 is 0. The molecule has 375 valence electrons. The van der Waals surface area contributed by atoms with E-state index in [9.17, 15) is 9.59 Å². The van der Waals surface area contributed by atoms with Crippen LogP contribution in [0.1, 0.15) is 120 Å². The second-order valence-corrected chi connectivity index (χ2v) is 23.8. The fraction of sp³-hybridized carbons (Fsp3) is 0.300. The van der Waals surface area contributed by atoms with Crippen molar-refractivity contribution < 1.29 is 20.8 Å². The number of hydrogen-bond donors (Lipinski definition) is 2. The summed E-state index contributed by atoms with van der Waals surface area (Å²) in [5.74, 6) is -0.932. The van der Waals surface area contributed by atoms with E-state index in [1.807, 2.05) is 12.1 Å². The maximum absolute atomic E-state index is 11.8. The topological polar surface area (TPSA) is 136 Å². The van der Waals surface area contributed by atoms with Gasteiger partial charge in [0, 0.05) is 45.5 Å². The molecule has 12 heteroatoms. The maximum atomic E-state index is 11.8. The molecule has 6 aromatic carbocycles. The predicted molar refractivity (Wildman–Crippen MR) is 298 cm³/mol.